The van der Waals surface area contributed by atoms with Gasteiger partial charge in [-0.2, -0.15) is 0 Å². The van der Waals surface area contributed by atoms with E-state index in [4.69, 9.17) is 23.2 Å². The molecule has 0 fully saturated rings. The molecule has 2 aromatic rings. The number of nitrogens with one attached hydrogen (secondary N) is 1. The van der Waals surface area contributed by atoms with Crippen LogP contribution in [0.1, 0.15) is 6.42 Å². The minimum Gasteiger partial charge on any atom is -0.469 e. The highest BCUT2D eigenvalue weighted by Crippen LogP contribution is 2.28. The molecule has 1 unspecified atom stereocenters. The molecule has 2 rings (SSSR count). The molecule has 0 aliphatic carbocycles. The standard InChI is InChI=1S/C16H14Cl2FNO5S2/c1-25-16(21)6-7-26(22)14-4-2-11(18)9-13(14)20-27(23,24)15-5-3-10(17)8-12(15)19/h2-5,8-9,20H,6-7H2,1H3. The fourth-order valence-corrected chi connectivity index (χ4v) is 4.74. The number of benzene rings is 2. The van der Waals surface area contributed by atoms with Gasteiger partial charge >= 0.3 is 5.97 Å². The van der Waals surface area contributed by atoms with Crippen molar-refractivity contribution in [2.24, 2.45) is 0 Å². The van der Waals surface area contributed by atoms with Crippen molar-refractivity contribution in [3.05, 3.63) is 52.3 Å². The number of carbonyl (C=O) groups excluding carboxylic acids is 1. The summed E-state index contributed by atoms with van der Waals surface area (Å²) in [6, 6.07) is 7.15. The van der Waals surface area contributed by atoms with Crippen LogP contribution < -0.4 is 4.72 Å². The molecule has 0 saturated heterocycles. The first-order valence-corrected chi connectivity index (χ1v) is 10.9. The first-order valence-electron chi connectivity index (χ1n) is 7.36. The van der Waals surface area contributed by atoms with Gasteiger partial charge in [0.15, 0.2) is 0 Å². The molecule has 1 atom stereocenters. The number of methoxy groups -OCH3 is 1. The van der Waals surface area contributed by atoms with Crippen molar-refractivity contribution < 1.29 is 26.5 Å². The SMILES string of the molecule is COC(=O)CCS(=O)c1ccc(Cl)cc1NS(=O)(=O)c1ccc(Cl)cc1F. The number of rotatable bonds is 7. The number of halogens is 3. The summed E-state index contributed by atoms with van der Waals surface area (Å²) in [6.45, 7) is 0. The van der Waals surface area contributed by atoms with Crippen molar-refractivity contribution in [3.8, 4) is 0 Å². The highest BCUT2D eigenvalue weighted by Gasteiger charge is 2.22. The van der Waals surface area contributed by atoms with Crippen LogP contribution in [-0.2, 0) is 30.4 Å². The van der Waals surface area contributed by atoms with E-state index in [0.717, 1.165) is 12.1 Å². The van der Waals surface area contributed by atoms with Crippen LogP contribution in [0.2, 0.25) is 10.0 Å². The van der Waals surface area contributed by atoms with E-state index in [1.807, 2.05) is 0 Å². The van der Waals surface area contributed by atoms with Crippen molar-refractivity contribution in [2.75, 3.05) is 17.6 Å². The Bertz CT molecular complexity index is 998. The van der Waals surface area contributed by atoms with Crippen molar-refractivity contribution in [1.82, 2.24) is 0 Å². The lowest BCUT2D eigenvalue weighted by Gasteiger charge is -2.13. The van der Waals surface area contributed by atoms with Gasteiger partial charge in [0.25, 0.3) is 10.0 Å². The topological polar surface area (TPSA) is 89.5 Å². The van der Waals surface area contributed by atoms with Gasteiger partial charge in [-0.1, -0.05) is 23.2 Å². The maximum absolute atomic E-state index is 14.0. The van der Waals surface area contributed by atoms with Crippen LogP contribution in [0.25, 0.3) is 0 Å². The van der Waals surface area contributed by atoms with Crippen molar-refractivity contribution in [2.45, 2.75) is 16.2 Å². The first kappa shape index (κ1) is 21.6. The lowest BCUT2D eigenvalue weighted by molar-refractivity contribution is -0.140. The average molecular weight is 454 g/mol. The molecule has 1 N–H and O–H groups in total. The van der Waals surface area contributed by atoms with E-state index in [9.17, 15) is 21.8 Å². The van der Waals surface area contributed by atoms with E-state index in [-0.39, 0.29) is 32.8 Å². The Morgan fingerprint density at radius 2 is 1.81 bits per heavy atom. The molecule has 11 heteroatoms. The van der Waals surface area contributed by atoms with Gasteiger partial charge in [-0.25, -0.2) is 12.8 Å². The predicted molar refractivity (Wildman–Crippen MR) is 102 cm³/mol. The van der Waals surface area contributed by atoms with Crippen molar-refractivity contribution >= 4 is 55.7 Å². The lowest BCUT2D eigenvalue weighted by Crippen LogP contribution is -2.17. The summed E-state index contributed by atoms with van der Waals surface area (Å²) >= 11 is 11.5. The van der Waals surface area contributed by atoms with Gasteiger partial charge in [0.05, 0.1) is 34.9 Å². The average Bonchev–Trinajstić information content (AvgIpc) is 2.58. The Labute approximate surface area is 168 Å². The normalized spacial score (nSPS) is 12.4. The Balaban J connectivity index is 2.36. The highest BCUT2D eigenvalue weighted by molar-refractivity contribution is 7.93. The predicted octanol–water partition coefficient (Wildman–Crippen LogP) is 3.60. The molecule has 0 amide bonds. The summed E-state index contributed by atoms with van der Waals surface area (Å²) in [5, 5.41) is 0.219. The molecule has 0 aliphatic heterocycles. The van der Waals surface area contributed by atoms with E-state index in [0.29, 0.717) is 0 Å². The third kappa shape index (κ3) is 5.65. The molecule has 6 nitrogen and oxygen atoms in total. The number of esters is 1. The molecule has 0 saturated carbocycles. The number of hydrogen-bond donors (Lipinski definition) is 1. The number of sulfonamides is 1. The van der Waals surface area contributed by atoms with Crippen molar-refractivity contribution in [1.29, 1.82) is 0 Å². The maximum atomic E-state index is 14.0. The van der Waals surface area contributed by atoms with E-state index < -0.39 is 37.5 Å². The summed E-state index contributed by atoms with van der Waals surface area (Å²) in [4.78, 5) is 10.7. The summed E-state index contributed by atoms with van der Waals surface area (Å²) < 4.78 is 58.2. The Morgan fingerprint density at radius 3 is 2.44 bits per heavy atom. The zero-order valence-corrected chi connectivity index (χ0v) is 17.0. The fraction of sp³-hybridized carbons (Fsp3) is 0.188. The summed E-state index contributed by atoms with van der Waals surface area (Å²) in [7, 11) is -4.86. The summed E-state index contributed by atoms with van der Waals surface area (Å²) in [5.74, 6) is -1.67. The van der Waals surface area contributed by atoms with Crippen LogP contribution in [-0.4, -0.2) is 31.5 Å². The Hall–Kier alpha value is -1.68. The second-order valence-electron chi connectivity index (χ2n) is 5.20. The van der Waals surface area contributed by atoms with E-state index in [1.54, 1.807) is 0 Å². The zero-order chi connectivity index (χ0) is 20.2. The van der Waals surface area contributed by atoms with Crippen LogP contribution in [0, 0.1) is 5.82 Å². The van der Waals surface area contributed by atoms with Gasteiger partial charge < -0.3 is 4.74 Å². The van der Waals surface area contributed by atoms with Crippen LogP contribution in [0.15, 0.2) is 46.2 Å². The molecule has 146 valence electrons. The molecular formula is C16H14Cl2FNO5S2. The minimum absolute atomic E-state index is 0.0406. The number of anilines is 1. The smallest absolute Gasteiger partial charge is 0.306 e. The van der Waals surface area contributed by atoms with Crippen LogP contribution in [0.5, 0.6) is 0 Å². The summed E-state index contributed by atoms with van der Waals surface area (Å²) in [5.41, 5.74) is -0.0833. The number of hydrogen-bond acceptors (Lipinski definition) is 5. The fourth-order valence-electron chi connectivity index (χ4n) is 2.06. The summed E-state index contributed by atoms with van der Waals surface area (Å²) in [6.07, 6.45) is -0.121. The third-order valence-corrected chi connectivity index (χ3v) is 6.62. The lowest BCUT2D eigenvalue weighted by atomic mass is 10.3. The minimum atomic E-state index is -4.34. The molecule has 0 bridgehead atoms. The van der Waals surface area contributed by atoms with Crippen LogP contribution in [0.4, 0.5) is 10.1 Å². The van der Waals surface area contributed by atoms with Gasteiger partial charge in [-0.3, -0.25) is 13.7 Å². The van der Waals surface area contributed by atoms with Crippen molar-refractivity contribution in [3.63, 3.8) is 0 Å². The monoisotopic (exact) mass is 453 g/mol. The second kappa shape index (κ2) is 9.01. The van der Waals surface area contributed by atoms with Gasteiger partial charge in [0.1, 0.15) is 10.7 Å². The first-order chi connectivity index (χ1) is 12.6. The molecule has 0 radical (unpaired) electrons. The maximum Gasteiger partial charge on any atom is 0.306 e. The third-order valence-electron chi connectivity index (χ3n) is 3.33. The number of ether oxygens (including phenoxy) is 1. The highest BCUT2D eigenvalue weighted by atomic mass is 35.5. The molecule has 2 aromatic carbocycles. The van der Waals surface area contributed by atoms with E-state index in [1.165, 1.54) is 31.4 Å². The molecule has 0 aromatic heterocycles. The number of carbonyl (C=O) groups is 1. The largest absolute Gasteiger partial charge is 0.469 e. The quantitative estimate of drug-likeness (QED) is 0.646. The zero-order valence-electron chi connectivity index (χ0n) is 13.9. The van der Waals surface area contributed by atoms with Gasteiger partial charge in [-0.05, 0) is 36.4 Å². The Morgan fingerprint density at radius 1 is 1.19 bits per heavy atom. The van der Waals surface area contributed by atoms with E-state index >= 15 is 0 Å². The molecular weight excluding hydrogens is 440 g/mol. The van der Waals surface area contributed by atoms with Gasteiger partial charge in [-0.15, -0.1) is 0 Å². The van der Waals surface area contributed by atoms with E-state index in [2.05, 4.69) is 9.46 Å². The molecule has 0 spiro atoms. The molecule has 0 heterocycles. The molecule has 27 heavy (non-hydrogen) atoms. The van der Waals surface area contributed by atoms with Crippen LogP contribution >= 0.6 is 23.2 Å². The Kier molecular flexibility index (Phi) is 7.21. The second-order valence-corrected chi connectivity index (χ2v) is 9.26. The van der Waals surface area contributed by atoms with Crippen LogP contribution in [0.3, 0.4) is 0 Å². The molecule has 0 aliphatic rings. The van der Waals surface area contributed by atoms with Gasteiger partial charge in [0, 0.05) is 15.8 Å². The van der Waals surface area contributed by atoms with Gasteiger partial charge in [0.2, 0.25) is 0 Å².